The number of rotatable bonds is 0. The minimum atomic E-state index is 0.0899. The van der Waals surface area contributed by atoms with Crippen molar-refractivity contribution in [3.63, 3.8) is 0 Å². The lowest BCUT2D eigenvalue weighted by Crippen LogP contribution is -2.31. The Hall–Kier alpha value is -1.31. The van der Waals surface area contributed by atoms with Crippen LogP contribution in [-0.4, -0.2) is 11.3 Å². The molecule has 1 aliphatic rings. The number of benzene rings is 1. The maximum absolute atomic E-state index is 4.63. The highest BCUT2D eigenvalue weighted by Crippen LogP contribution is 2.33. The van der Waals surface area contributed by atoms with Gasteiger partial charge in [0.05, 0.1) is 11.4 Å². The zero-order chi connectivity index (χ0) is 11.1. The summed E-state index contributed by atoms with van der Waals surface area (Å²) in [6, 6.07) is 6.36. The SMILES string of the molecule is CC1=Nc2ccc(C)cc2NC(C)(C)C1. The van der Waals surface area contributed by atoms with Crippen molar-refractivity contribution in [3.05, 3.63) is 23.8 Å². The van der Waals surface area contributed by atoms with E-state index >= 15 is 0 Å². The van der Waals surface area contributed by atoms with Gasteiger partial charge in [0, 0.05) is 17.7 Å². The molecule has 0 saturated carbocycles. The van der Waals surface area contributed by atoms with Crippen LogP contribution >= 0.6 is 0 Å². The van der Waals surface area contributed by atoms with Gasteiger partial charge in [-0.05, 0) is 45.4 Å². The first-order valence-corrected chi connectivity index (χ1v) is 5.39. The van der Waals surface area contributed by atoms with Crippen LogP contribution in [0.5, 0.6) is 0 Å². The van der Waals surface area contributed by atoms with E-state index in [1.165, 1.54) is 11.3 Å². The molecule has 1 N–H and O–H groups in total. The van der Waals surface area contributed by atoms with Gasteiger partial charge in [0.1, 0.15) is 0 Å². The van der Waals surface area contributed by atoms with E-state index in [1.807, 2.05) is 0 Å². The lowest BCUT2D eigenvalue weighted by Gasteiger charge is -2.25. The van der Waals surface area contributed by atoms with Gasteiger partial charge in [0.15, 0.2) is 0 Å². The molecule has 1 aromatic rings. The van der Waals surface area contributed by atoms with E-state index in [9.17, 15) is 0 Å². The highest BCUT2D eigenvalue weighted by Gasteiger charge is 2.22. The minimum Gasteiger partial charge on any atom is -0.378 e. The van der Waals surface area contributed by atoms with E-state index < -0.39 is 0 Å². The molecule has 0 radical (unpaired) electrons. The Morgan fingerprint density at radius 2 is 2.00 bits per heavy atom. The molecule has 0 fully saturated rings. The summed E-state index contributed by atoms with van der Waals surface area (Å²) in [7, 11) is 0. The van der Waals surface area contributed by atoms with Gasteiger partial charge in [-0.25, -0.2) is 0 Å². The molecule has 0 saturated heterocycles. The van der Waals surface area contributed by atoms with Crippen molar-refractivity contribution in [2.75, 3.05) is 5.32 Å². The van der Waals surface area contributed by atoms with Gasteiger partial charge in [0.25, 0.3) is 0 Å². The van der Waals surface area contributed by atoms with Crippen LogP contribution in [0.3, 0.4) is 0 Å². The molecule has 0 amide bonds. The first-order chi connectivity index (χ1) is 6.96. The van der Waals surface area contributed by atoms with E-state index in [0.717, 1.165) is 17.8 Å². The maximum atomic E-state index is 4.63. The highest BCUT2D eigenvalue weighted by atomic mass is 15.0. The Morgan fingerprint density at radius 3 is 2.73 bits per heavy atom. The molecular weight excluding hydrogens is 184 g/mol. The zero-order valence-corrected chi connectivity index (χ0v) is 9.89. The second kappa shape index (κ2) is 3.37. The fraction of sp³-hybridized carbons (Fsp3) is 0.462. The monoisotopic (exact) mass is 202 g/mol. The molecule has 2 nitrogen and oxygen atoms in total. The second-order valence-corrected chi connectivity index (χ2v) is 5.05. The molecule has 15 heavy (non-hydrogen) atoms. The summed E-state index contributed by atoms with van der Waals surface area (Å²) < 4.78 is 0. The topological polar surface area (TPSA) is 24.4 Å². The number of aryl methyl sites for hydroxylation is 1. The Kier molecular flexibility index (Phi) is 2.29. The molecule has 0 atom stereocenters. The van der Waals surface area contributed by atoms with E-state index in [4.69, 9.17) is 0 Å². The van der Waals surface area contributed by atoms with E-state index in [2.05, 4.69) is 56.2 Å². The Morgan fingerprint density at radius 1 is 1.27 bits per heavy atom. The molecule has 0 unspecified atom stereocenters. The van der Waals surface area contributed by atoms with Crippen LogP contribution in [0.2, 0.25) is 0 Å². The molecule has 0 bridgehead atoms. The smallest absolute Gasteiger partial charge is 0.0860 e. The third kappa shape index (κ3) is 2.20. The van der Waals surface area contributed by atoms with Gasteiger partial charge < -0.3 is 5.32 Å². The third-order valence-corrected chi connectivity index (χ3v) is 2.63. The molecule has 2 rings (SSSR count). The Labute approximate surface area is 91.4 Å². The summed E-state index contributed by atoms with van der Waals surface area (Å²) in [5.74, 6) is 0. The lowest BCUT2D eigenvalue weighted by molar-refractivity contribution is 0.595. The average molecular weight is 202 g/mol. The normalized spacial score (nSPS) is 18.5. The highest BCUT2D eigenvalue weighted by molar-refractivity contribution is 5.89. The zero-order valence-electron chi connectivity index (χ0n) is 9.89. The number of nitrogens with one attached hydrogen (secondary N) is 1. The molecule has 0 aliphatic carbocycles. The number of anilines is 1. The predicted octanol–water partition coefficient (Wildman–Crippen LogP) is 3.68. The summed E-state index contributed by atoms with van der Waals surface area (Å²) in [5, 5.41) is 3.56. The van der Waals surface area contributed by atoms with Crippen LogP contribution in [0.15, 0.2) is 23.2 Å². The molecule has 80 valence electrons. The summed E-state index contributed by atoms with van der Waals surface area (Å²) in [6.07, 6.45) is 0.987. The molecule has 1 aromatic carbocycles. The second-order valence-electron chi connectivity index (χ2n) is 5.05. The first kappa shape index (κ1) is 10.2. The van der Waals surface area contributed by atoms with Crippen LogP contribution in [0.25, 0.3) is 0 Å². The quantitative estimate of drug-likeness (QED) is 0.681. The molecule has 1 heterocycles. The van der Waals surface area contributed by atoms with Gasteiger partial charge in [0.2, 0.25) is 0 Å². The van der Waals surface area contributed by atoms with Crippen molar-refractivity contribution < 1.29 is 0 Å². The summed E-state index contributed by atoms with van der Waals surface area (Å²) >= 11 is 0. The number of hydrogen-bond donors (Lipinski definition) is 1. The van der Waals surface area contributed by atoms with Gasteiger partial charge in [-0.15, -0.1) is 0 Å². The van der Waals surface area contributed by atoms with Gasteiger partial charge in [-0.3, -0.25) is 4.99 Å². The predicted molar refractivity (Wildman–Crippen MR) is 66.3 cm³/mol. The van der Waals surface area contributed by atoms with Crippen molar-refractivity contribution in [1.29, 1.82) is 0 Å². The third-order valence-electron chi connectivity index (χ3n) is 2.63. The minimum absolute atomic E-state index is 0.0899. The van der Waals surface area contributed by atoms with E-state index in [1.54, 1.807) is 0 Å². The fourth-order valence-electron chi connectivity index (χ4n) is 2.14. The van der Waals surface area contributed by atoms with Crippen molar-refractivity contribution in [3.8, 4) is 0 Å². The summed E-state index contributed by atoms with van der Waals surface area (Å²) in [6.45, 7) is 8.63. The van der Waals surface area contributed by atoms with Crippen LogP contribution < -0.4 is 5.32 Å². The summed E-state index contributed by atoms with van der Waals surface area (Å²) in [5.41, 5.74) is 4.76. The van der Waals surface area contributed by atoms with Crippen molar-refractivity contribution in [2.45, 2.75) is 39.7 Å². The Balaban J connectivity index is 2.52. The fourth-order valence-corrected chi connectivity index (χ4v) is 2.14. The number of aliphatic imine (C=N–C) groups is 1. The first-order valence-electron chi connectivity index (χ1n) is 5.39. The van der Waals surface area contributed by atoms with Crippen molar-refractivity contribution in [2.24, 2.45) is 4.99 Å². The standard InChI is InChI=1S/C13H18N2/c1-9-5-6-11-12(7-9)15-13(3,4)8-10(2)14-11/h5-7,15H,8H2,1-4H3. The molecule has 0 spiro atoms. The molecule has 2 heteroatoms. The van der Waals surface area contributed by atoms with Crippen molar-refractivity contribution >= 4 is 17.1 Å². The van der Waals surface area contributed by atoms with E-state index in [0.29, 0.717) is 0 Å². The average Bonchev–Trinajstić information content (AvgIpc) is 2.17. The number of nitrogens with zero attached hydrogens (tertiary/aromatic N) is 1. The van der Waals surface area contributed by atoms with Gasteiger partial charge >= 0.3 is 0 Å². The van der Waals surface area contributed by atoms with Crippen molar-refractivity contribution in [1.82, 2.24) is 0 Å². The van der Waals surface area contributed by atoms with Gasteiger partial charge in [-0.1, -0.05) is 6.07 Å². The van der Waals surface area contributed by atoms with Crippen LogP contribution in [-0.2, 0) is 0 Å². The summed E-state index contributed by atoms with van der Waals surface area (Å²) in [4.78, 5) is 4.63. The van der Waals surface area contributed by atoms with Crippen LogP contribution in [0.4, 0.5) is 11.4 Å². The Bertz CT molecular complexity index is 417. The largest absolute Gasteiger partial charge is 0.378 e. The molecular formula is C13H18N2. The number of hydrogen-bond acceptors (Lipinski definition) is 2. The molecule has 0 aromatic heterocycles. The van der Waals surface area contributed by atoms with Crippen LogP contribution in [0, 0.1) is 6.92 Å². The molecule has 1 aliphatic heterocycles. The van der Waals surface area contributed by atoms with E-state index in [-0.39, 0.29) is 5.54 Å². The lowest BCUT2D eigenvalue weighted by atomic mass is 9.98. The van der Waals surface area contributed by atoms with Gasteiger partial charge in [-0.2, -0.15) is 0 Å². The maximum Gasteiger partial charge on any atom is 0.0860 e. The van der Waals surface area contributed by atoms with Crippen LogP contribution in [0.1, 0.15) is 32.8 Å². The number of fused-ring (bicyclic) bond motifs is 1.